The topological polar surface area (TPSA) is 129 Å². The first-order valence-electron chi connectivity index (χ1n) is 17.2. The summed E-state index contributed by atoms with van der Waals surface area (Å²) in [5.41, 5.74) is 5.78. The lowest BCUT2D eigenvalue weighted by atomic mass is 9.87. The summed E-state index contributed by atoms with van der Waals surface area (Å²) in [6.45, 7) is 2.12. The number of fused-ring (bicyclic) bond motifs is 2. The van der Waals surface area contributed by atoms with E-state index in [-0.39, 0.29) is 30.1 Å². The van der Waals surface area contributed by atoms with Gasteiger partial charge in [0.25, 0.3) is 5.91 Å². The van der Waals surface area contributed by atoms with Crippen LogP contribution in [0.2, 0.25) is 0 Å². The first-order valence-corrected chi connectivity index (χ1v) is 17.2. The minimum absolute atomic E-state index is 0.143. The maximum atomic E-state index is 13.1. The number of nitriles is 1. The molecule has 4 aliphatic rings. The quantitative estimate of drug-likeness (QED) is 0.167. The van der Waals surface area contributed by atoms with Crippen molar-refractivity contribution in [3.8, 4) is 29.4 Å². The Balaban J connectivity index is 0.888. The van der Waals surface area contributed by atoms with Gasteiger partial charge in [-0.2, -0.15) is 5.26 Å². The number of imide groups is 1. The highest BCUT2D eigenvalue weighted by Crippen LogP contribution is 2.31. The monoisotopic (exact) mass is 667 g/mol. The van der Waals surface area contributed by atoms with Crippen molar-refractivity contribution < 1.29 is 28.6 Å². The maximum Gasteiger partial charge on any atom is 0.330 e. The first kappa shape index (κ1) is 33.1. The summed E-state index contributed by atoms with van der Waals surface area (Å²) in [6, 6.07) is 18.3. The van der Waals surface area contributed by atoms with Crippen molar-refractivity contribution in [1.29, 1.82) is 5.26 Å². The average molecular weight is 668 g/mol. The molecule has 1 atom stereocenters. The minimum Gasteiger partial charge on any atom is -0.457 e. The Morgan fingerprint density at radius 3 is 2.72 bits per heavy atom. The fraction of sp³-hybridized carbons (Fsp3) is 0.359. The standard InChI is InChI=1S/C39H36BN4O6/c41-22-26-9-11-28(35(20-26)50-30-12-13-33-29(21-30)24-49-40-33)4-1-2-7-37(46)43-18-16-25(17-19-43)8-10-27-5-3-6-31-32(27)23-44(39(31)48)34-14-15-36(45)42-38(34)47/h3,5-6,9,11-13,20-21,25,34H,1-2,4,7,14-19,23-24H2,(H,42,45,47). The molecule has 2 saturated heterocycles. The van der Waals surface area contributed by atoms with Crippen molar-refractivity contribution in [3.63, 3.8) is 0 Å². The third-order valence-corrected chi connectivity index (χ3v) is 9.92. The van der Waals surface area contributed by atoms with Crippen molar-refractivity contribution in [2.75, 3.05) is 13.1 Å². The minimum atomic E-state index is -0.659. The maximum absolute atomic E-state index is 13.1. The van der Waals surface area contributed by atoms with Crippen molar-refractivity contribution in [3.05, 3.63) is 88.0 Å². The van der Waals surface area contributed by atoms with Crippen molar-refractivity contribution in [1.82, 2.24) is 15.1 Å². The van der Waals surface area contributed by atoms with Gasteiger partial charge in [-0.1, -0.05) is 30.0 Å². The van der Waals surface area contributed by atoms with Crippen LogP contribution in [0, 0.1) is 29.1 Å². The highest BCUT2D eigenvalue weighted by atomic mass is 16.5. The Morgan fingerprint density at radius 1 is 1.04 bits per heavy atom. The van der Waals surface area contributed by atoms with Crippen molar-refractivity contribution in [2.24, 2.45) is 5.92 Å². The number of nitrogens with one attached hydrogen (secondary N) is 1. The lowest BCUT2D eigenvalue weighted by molar-refractivity contribution is -0.137. The van der Waals surface area contributed by atoms with Gasteiger partial charge in [0.1, 0.15) is 17.5 Å². The molecule has 0 aromatic heterocycles. The van der Waals surface area contributed by atoms with Crippen molar-refractivity contribution >= 4 is 36.6 Å². The van der Waals surface area contributed by atoms with E-state index in [0.29, 0.717) is 61.7 Å². The summed E-state index contributed by atoms with van der Waals surface area (Å²) >= 11 is 0. The molecule has 0 aliphatic carbocycles. The number of carbonyl (C=O) groups is 4. The van der Waals surface area contributed by atoms with Crippen LogP contribution >= 0.6 is 0 Å². The molecule has 0 spiro atoms. The summed E-state index contributed by atoms with van der Waals surface area (Å²) in [5, 5.41) is 11.8. The fourth-order valence-corrected chi connectivity index (χ4v) is 7.06. The lowest BCUT2D eigenvalue weighted by Crippen LogP contribution is -2.52. The number of rotatable bonds is 8. The van der Waals surface area contributed by atoms with Crippen LogP contribution in [0.3, 0.4) is 0 Å². The number of aryl methyl sites for hydroxylation is 1. The zero-order chi connectivity index (χ0) is 34.6. The second-order valence-electron chi connectivity index (χ2n) is 13.2. The summed E-state index contributed by atoms with van der Waals surface area (Å²) in [6.07, 6.45) is 4.87. The molecule has 0 saturated carbocycles. The van der Waals surface area contributed by atoms with E-state index in [4.69, 9.17) is 9.39 Å². The van der Waals surface area contributed by atoms with Gasteiger partial charge < -0.3 is 19.2 Å². The van der Waals surface area contributed by atoms with E-state index in [1.54, 1.807) is 30.6 Å². The lowest BCUT2D eigenvalue weighted by Gasteiger charge is -2.30. The van der Waals surface area contributed by atoms with E-state index in [2.05, 4.69) is 23.2 Å². The Hall–Kier alpha value is -5.39. The zero-order valence-corrected chi connectivity index (χ0v) is 27.7. The highest BCUT2D eigenvalue weighted by molar-refractivity contribution is 6.48. The largest absolute Gasteiger partial charge is 0.457 e. The van der Waals surface area contributed by atoms with Gasteiger partial charge in [0.15, 0.2) is 0 Å². The van der Waals surface area contributed by atoms with Crippen LogP contribution in [0.4, 0.5) is 0 Å². The molecule has 3 aromatic rings. The van der Waals surface area contributed by atoms with E-state index in [9.17, 15) is 24.4 Å². The van der Waals surface area contributed by atoms with Gasteiger partial charge in [0.05, 0.1) is 18.2 Å². The molecule has 50 heavy (non-hydrogen) atoms. The molecule has 11 heteroatoms. The van der Waals surface area contributed by atoms with Gasteiger partial charge in [0, 0.05) is 49.5 Å². The summed E-state index contributed by atoms with van der Waals surface area (Å²) in [5.74, 6) is 7.37. The number of ether oxygens (including phenoxy) is 1. The number of benzene rings is 3. The number of hydrogen-bond donors (Lipinski definition) is 1. The smallest absolute Gasteiger partial charge is 0.330 e. The summed E-state index contributed by atoms with van der Waals surface area (Å²) < 4.78 is 11.6. The van der Waals surface area contributed by atoms with Gasteiger partial charge in [-0.05, 0) is 97.1 Å². The van der Waals surface area contributed by atoms with Crippen LogP contribution in [0.15, 0.2) is 54.6 Å². The molecule has 1 radical (unpaired) electrons. The number of amides is 4. The second-order valence-corrected chi connectivity index (χ2v) is 13.2. The van der Waals surface area contributed by atoms with Crippen LogP contribution in [-0.4, -0.2) is 60.0 Å². The Bertz CT molecular complexity index is 1970. The molecule has 4 heterocycles. The van der Waals surface area contributed by atoms with Crippen LogP contribution in [0.1, 0.15) is 83.1 Å². The number of hydrogen-bond acceptors (Lipinski definition) is 7. The number of nitrogens with zero attached hydrogens (tertiary/aromatic N) is 3. The highest BCUT2D eigenvalue weighted by Gasteiger charge is 2.39. The Morgan fingerprint density at radius 2 is 1.90 bits per heavy atom. The summed E-state index contributed by atoms with van der Waals surface area (Å²) in [4.78, 5) is 53.7. The van der Waals surface area contributed by atoms with E-state index < -0.39 is 11.9 Å². The fourth-order valence-electron chi connectivity index (χ4n) is 7.06. The predicted molar refractivity (Wildman–Crippen MR) is 184 cm³/mol. The molecule has 0 bridgehead atoms. The molecule has 3 aromatic carbocycles. The van der Waals surface area contributed by atoms with Gasteiger partial charge in [-0.15, -0.1) is 0 Å². The van der Waals surface area contributed by atoms with Gasteiger partial charge in [-0.25, -0.2) is 0 Å². The normalized spacial score (nSPS) is 18.4. The molecule has 2 fully saturated rings. The van der Waals surface area contributed by atoms with Crippen LogP contribution in [-0.2, 0) is 38.6 Å². The third kappa shape index (κ3) is 7.15. The molecule has 4 aliphatic heterocycles. The van der Waals surface area contributed by atoms with Crippen LogP contribution in [0.25, 0.3) is 0 Å². The molecule has 7 rings (SSSR count). The molecular formula is C39H36BN4O6. The molecule has 1 unspecified atom stereocenters. The number of likely N-dealkylation sites (tertiary alicyclic amines) is 1. The molecule has 1 N–H and O–H groups in total. The van der Waals surface area contributed by atoms with Crippen LogP contribution in [0.5, 0.6) is 11.5 Å². The number of piperidine rings is 2. The summed E-state index contributed by atoms with van der Waals surface area (Å²) in [7, 11) is 1.74. The predicted octanol–water partition coefficient (Wildman–Crippen LogP) is 3.89. The molecule has 4 amide bonds. The third-order valence-electron chi connectivity index (χ3n) is 9.92. The van der Waals surface area contributed by atoms with Crippen LogP contribution < -0.4 is 15.5 Å². The van der Waals surface area contributed by atoms with Gasteiger partial charge >= 0.3 is 7.48 Å². The zero-order valence-electron chi connectivity index (χ0n) is 27.7. The van der Waals surface area contributed by atoms with Gasteiger partial charge in [0.2, 0.25) is 17.7 Å². The number of unbranched alkanes of at least 4 members (excludes halogenated alkanes) is 1. The first-order chi connectivity index (χ1) is 24.4. The molecule has 10 nitrogen and oxygen atoms in total. The SMILES string of the molecule is N#Cc1ccc(CCCCC(=O)N2CCC(C#Cc3cccc4c3CN(C3CCC(=O)NC3=O)C4=O)CC2)c(Oc2ccc3c(c2)CO[B]3)c1. The van der Waals surface area contributed by atoms with E-state index in [0.717, 1.165) is 59.8 Å². The Labute approximate surface area is 292 Å². The van der Waals surface area contributed by atoms with Gasteiger partial charge in [-0.3, -0.25) is 24.5 Å². The van der Waals surface area contributed by atoms with E-state index in [1.807, 2.05) is 41.3 Å². The second kappa shape index (κ2) is 14.6. The molecular weight excluding hydrogens is 631 g/mol. The number of carbonyl (C=O) groups excluding carboxylic acids is 4. The van der Waals surface area contributed by atoms with E-state index in [1.165, 1.54) is 0 Å². The average Bonchev–Trinajstić information content (AvgIpc) is 3.74. The Kier molecular flexibility index (Phi) is 9.68. The van der Waals surface area contributed by atoms with E-state index >= 15 is 0 Å². The van der Waals surface area contributed by atoms with Crippen molar-refractivity contribution in [2.45, 2.75) is 70.6 Å². The molecule has 251 valence electrons.